The number of hydrogen-bond donors (Lipinski definition) is 5. The van der Waals surface area contributed by atoms with Gasteiger partial charge in [0.15, 0.2) is 16.9 Å². The molecule has 37 nitrogen and oxygen atoms in total. The predicted molar refractivity (Wildman–Crippen MR) is 408 cm³/mol. The fourth-order valence-electron chi connectivity index (χ4n) is 13.8. The average Bonchev–Trinajstić information content (AvgIpc) is 1.58. The van der Waals surface area contributed by atoms with E-state index >= 15 is 0 Å². The molecule has 0 spiro atoms. The van der Waals surface area contributed by atoms with Gasteiger partial charge < -0.3 is 66.3 Å². The molecule has 0 unspecified atom stereocenters. The highest BCUT2D eigenvalue weighted by Gasteiger charge is 2.32. The molecule has 2 amide bonds. The Morgan fingerprint density at radius 3 is 0.973 bits per heavy atom. The van der Waals surface area contributed by atoms with Crippen molar-refractivity contribution < 1.29 is 33.7 Å². The molecule has 18 heterocycles. The zero-order chi connectivity index (χ0) is 74.6. The third-order valence-corrected chi connectivity index (χ3v) is 19.6. The summed E-state index contributed by atoms with van der Waals surface area (Å²) in [7, 11) is 0. The van der Waals surface area contributed by atoms with Crippen LogP contribution >= 0.6 is 12.4 Å². The van der Waals surface area contributed by atoms with Gasteiger partial charge in [-0.1, -0.05) is 0 Å². The van der Waals surface area contributed by atoms with Crippen molar-refractivity contribution in [3.63, 3.8) is 0 Å². The number of halogens is 1. The molecule has 8 N–H and O–H groups in total. The first-order chi connectivity index (χ1) is 53.4. The molecule has 0 aliphatic carbocycles. The fourth-order valence-corrected chi connectivity index (χ4v) is 13.8. The fraction of sp³-hybridized carbons (Fsp3) is 0.375. The van der Waals surface area contributed by atoms with Gasteiger partial charge in [-0.2, -0.15) is 30.2 Å². The number of rotatable bonds is 12. The number of nitrogens with one attached hydrogen (secondary N) is 1. The van der Waals surface area contributed by atoms with Crippen LogP contribution < -0.4 is 37.2 Å². The molecule has 6 aliphatic heterocycles. The number of nitrogens with zero attached hydrogens (tertiary/aromatic N) is 26. The van der Waals surface area contributed by atoms with E-state index in [1.54, 1.807) is 105 Å². The molecule has 6 fully saturated rings. The molecule has 6 saturated heterocycles. The first-order valence-electron chi connectivity index (χ1n) is 36.1. The molecule has 0 radical (unpaired) electrons. The van der Waals surface area contributed by atoms with E-state index in [9.17, 15) is 14.4 Å². The maximum Gasteiger partial charge on any atom is 0.337 e. The van der Waals surface area contributed by atoms with Crippen molar-refractivity contribution in [3.05, 3.63) is 146 Å². The van der Waals surface area contributed by atoms with Crippen molar-refractivity contribution in [2.75, 3.05) is 150 Å². The molecular weight excluding hydrogens is 1430 g/mol. The second-order valence-corrected chi connectivity index (χ2v) is 26.4. The highest BCUT2D eigenvalue weighted by molar-refractivity contribution is 5.96. The number of morpholine rings is 3. The largest absolute Gasteiger partial charge is 0.478 e. The number of carbonyl (C=O) groups excluding carboxylic acids is 2. The number of nitrogen functional groups attached to an aromatic ring is 3. The van der Waals surface area contributed by atoms with Crippen LogP contribution in [-0.4, -0.2) is 255 Å². The molecule has 6 aliphatic rings. The molecule has 38 heteroatoms. The Bertz CT molecular complexity index is 4860. The van der Waals surface area contributed by atoms with E-state index in [4.69, 9.17) is 76.6 Å². The van der Waals surface area contributed by atoms with Crippen molar-refractivity contribution >= 4 is 99.0 Å². The Hall–Kier alpha value is -12.3. The Labute approximate surface area is 635 Å². The van der Waals surface area contributed by atoms with Gasteiger partial charge in [0.05, 0.1) is 126 Å². The van der Waals surface area contributed by atoms with Crippen LogP contribution in [0.1, 0.15) is 87.7 Å². The van der Waals surface area contributed by atoms with E-state index in [0.717, 1.165) is 132 Å². The van der Waals surface area contributed by atoms with Crippen LogP contribution in [0.2, 0.25) is 0 Å². The van der Waals surface area contributed by atoms with Gasteiger partial charge in [-0.05, 0) is 88.0 Å². The van der Waals surface area contributed by atoms with Gasteiger partial charge in [-0.15, -0.1) is 12.4 Å². The van der Waals surface area contributed by atoms with E-state index in [-0.39, 0.29) is 59.7 Å². The number of likely N-dealkylation sites (tertiary alicyclic amines) is 2. The number of carboxylic acids is 1. The minimum absolute atomic E-state index is 0. The zero-order valence-corrected chi connectivity index (χ0v) is 60.8. The summed E-state index contributed by atoms with van der Waals surface area (Å²) in [6.07, 6.45) is 30.2. The van der Waals surface area contributed by atoms with Gasteiger partial charge in [0, 0.05) is 157 Å². The van der Waals surface area contributed by atoms with Crippen molar-refractivity contribution in [2.24, 2.45) is 0 Å². The number of pyridine rings is 3. The van der Waals surface area contributed by atoms with Crippen LogP contribution in [0.5, 0.6) is 0 Å². The number of aromatic carboxylic acids is 1. The van der Waals surface area contributed by atoms with Crippen LogP contribution in [0.25, 0.3) is 66.9 Å². The van der Waals surface area contributed by atoms with Gasteiger partial charge in [-0.25, -0.2) is 63.7 Å². The molecule has 0 bridgehead atoms. The van der Waals surface area contributed by atoms with Crippen LogP contribution in [0.4, 0.5) is 35.7 Å². The van der Waals surface area contributed by atoms with E-state index < -0.39 is 5.97 Å². The van der Waals surface area contributed by atoms with Crippen LogP contribution in [0, 0.1) is 0 Å². The molecule has 12 aromatic rings. The first kappa shape index (κ1) is 74.5. The lowest BCUT2D eigenvalue weighted by Gasteiger charge is -2.32. The minimum atomic E-state index is -0.942. The number of carbonyl (C=O) groups is 3. The Balaban J connectivity index is 0.000000130. The Morgan fingerprint density at radius 2 is 0.691 bits per heavy atom. The van der Waals surface area contributed by atoms with E-state index in [2.05, 4.69) is 74.7 Å². The summed E-state index contributed by atoms with van der Waals surface area (Å²) in [6.45, 7) is 12.8. The molecule has 0 aromatic carbocycles. The number of piperidine rings is 3. The summed E-state index contributed by atoms with van der Waals surface area (Å²) >= 11 is 0. The summed E-state index contributed by atoms with van der Waals surface area (Å²) in [5, 5.41) is 28.5. The monoisotopic (exact) mass is 1510 g/mol. The minimum Gasteiger partial charge on any atom is -0.478 e. The van der Waals surface area contributed by atoms with E-state index in [1.807, 2.05) is 25.4 Å². The molecule has 18 rings (SSSR count). The summed E-state index contributed by atoms with van der Waals surface area (Å²) in [4.78, 5) is 112. The van der Waals surface area contributed by atoms with Crippen molar-refractivity contribution in [1.82, 2.24) is 119 Å². The molecular formula is C72H81ClN30O7. The Kier molecular flexibility index (Phi) is 23.5. The van der Waals surface area contributed by atoms with Crippen molar-refractivity contribution in [3.8, 4) is 33.8 Å². The lowest BCUT2D eigenvalue weighted by molar-refractivity contribution is 0.0683. The third kappa shape index (κ3) is 17.0. The zero-order valence-electron chi connectivity index (χ0n) is 60.0. The molecule has 110 heavy (non-hydrogen) atoms. The molecule has 568 valence electrons. The Morgan fingerprint density at radius 1 is 0.391 bits per heavy atom. The summed E-state index contributed by atoms with van der Waals surface area (Å²) < 4.78 is 22.5. The highest BCUT2D eigenvalue weighted by Crippen LogP contribution is 2.36. The van der Waals surface area contributed by atoms with Crippen LogP contribution in [0.3, 0.4) is 0 Å². The SMILES string of the molecule is Cl.Nc1ncc(-c2nc(N3CCOCC3)nc3c2cnn3C2CCN(C(=O)c3cccnc3)CC2)cn1.Nc1ncc(-c2nc(N3CCOCC3)nc3c2cnn3C2CCN(C(=O)c3cccnc3)CC2)cn1.Nc1ncc(-c2nc(N3CCOCC3)nc3c2cnn3C2CCNCC2)cn1.O=C(O)c1cccnc1. The van der Waals surface area contributed by atoms with Crippen LogP contribution in [-0.2, 0) is 14.2 Å². The maximum atomic E-state index is 12.9. The van der Waals surface area contributed by atoms with E-state index in [0.29, 0.717) is 127 Å². The number of hydrogen-bond acceptors (Lipinski definition) is 31. The number of amides is 2. The maximum absolute atomic E-state index is 12.9. The standard InChI is InChI=1S/2C24H26N10O2.C18H23N9O.C6H5NO2.ClH/c2*25-23-27-13-17(14-28-23)20-19-15-29-34(21(19)31-24(30-20)33-8-10-36-11-9-33)18-3-6-32(7-4-18)22(35)16-2-1-5-26-12-16;19-17-21-9-12(10-22-17)15-14-11-23-27(13-1-3-20-4-2-13)16(14)25-18(24-15)26-5-7-28-8-6-26;8-6(9)5-2-1-3-7-4-5;/h2*1-2,5,12-15,18H,3-4,6-11H2,(H2,25,27,28);9-11,13,20H,1-8H2,(H2,19,21,22);1-4H,(H,8,9);1H. The normalized spacial score (nSPS) is 16.6. The van der Waals surface area contributed by atoms with Crippen molar-refractivity contribution in [1.29, 1.82) is 0 Å². The summed E-state index contributed by atoms with van der Waals surface area (Å²) in [6, 6.07) is 10.8. The molecule has 0 atom stereocenters. The van der Waals surface area contributed by atoms with Crippen LogP contribution in [0.15, 0.2) is 129 Å². The van der Waals surface area contributed by atoms with Gasteiger partial charge in [0.2, 0.25) is 35.7 Å². The number of nitrogens with two attached hydrogens (primary N) is 3. The topological polar surface area (TPSA) is 452 Å². The van der Waals surface area contributed by atoms with Gasteiger partial charge in [-0.3, -0.25) is 24.5 Å². The van der Waals surface area contributed by atoms with Gasteiger partial charge >= 0.3 is 5.97 Å². The summed E-state index contributed by atoms with van der Waals surface area (Å²) in [5.41, 5.74) is 25.4. The quantitative estimate of drug-likeness (QED) is 0.108. The highest BCUT2D eigenvalue weighted by atomic mass is 35.5. The third-order valence-electron chi connectivity index (χ3n) is 19.6. The van der Waals surface area contributed by atoms with Gasteiger partial charge in [0.1, 0.15) is 0 Å². The second-order valence-electron chi connectivity index (χ2n) is 26.4. The number of fused-ring (bicyclic) bond motifs is 3. The summed E-state index contributed by atoms with van der Waals surface area (Å²) in [5.74, 6) is 1.69. The lowest BCUT2D eigenvalue weighted by atomic mass is 10.0. The van der Waals surface area contributed by atoms with E-state index in [1.165, 1.54) is 18.5 Å². The second kappa shape index (κ2) is 34.7. The molecule has 0 saturated carbocycles. The predicted octanol–water partition coefficient (Wildman–Crippen LogP) is 4.98. The average molecular weight is 1510 g/mol. The first-order valence-corrected chi connectivity index (χ1v) is 36.1. The smallest absolute Gasteiger partial charge is 0.337 e. The molecule has 12 aromatic heterocycles. The van der Waals surface area contributed by atoms with Gasteiger partial charge in [0.25, 0.3) is 11.8 Å². The number of anilines is 6. The number of aromatic nitrogens is 21. The number of ether oxygens (including phenoxy) is 3. The number of carboxylic acid groups (broad SMARTS) is 1. The lowest BCUT2D eigenvalue weighted by Crippen LogP contribution is -2.39. The van der Waals surface area contributed by atoms with Crippen molar-refractivity contribution in [2.45, 2.75) is 56.7 Å².